The van der Waals surface area contributed by atoms with Crippen molar-refractivity contribution in [1.82, 2.24) is 4.98 Å². The Morgan fingerprint density at radius 3 is 2.71 bits per heavy atom. The van der Waals surface area contributed by atoms with E-state index < -0.39 is 5.97 Å². The first-order valence-electron chi connectivity index (χ1n) is 6.29. The lowest BCUT2D eigenvalue weighted by Gasteiger charge is -2.11. The third kappa shape index (κ3) is 2.66. The molecule has 3 rings (SSSR count). The molecule has 0 saturated heterocycles. The van der Waals surface area contributed by atoms with E-state index in [0.29, 0.717) is 10.7 Å². The molecule has 0 atom stereocenters. The Bertz CT molecular complexity index is 833. The summed E-state index contributed by atoms with van der Waals surface area (Å²) < 4.78 is 0. The van der Waals surface area contributed by atoms with Gasteiger partial charge in [0.25, 0.3) is 0 Å². The molecule has 4 nitrogen and oxygen atoms in total. The number of halogens is 1. The number of fused-ring (bicyclic) bond motifs is 1. The van der Waals surface area contributed by atoms with Gasteiger partial charge in [-0.25, -0.2) is 4.79 Å². The van der Waals surface area contributed by atoms with Gasteiger partial charge in [0.1, 0.15) is 0 Å². The second-order valence-electron chi connectivity index (χ2n) is 4.50. The third-order valence-electron chi connectivity index (χ3n) is 3.13. The van der Waals surface area contributed by atoms with Gasteiger partial charge in [0.2, 0.25) is 0 Å². The zero-order chi connectivity index (χ0) is 14.8. The molecule has 1 heterocycles. The van der Waals surface area contributed by atoms with Gasteiger partial charge in [-0.15, -0.1) is 0 Å². The van der Waals surface area contributed by atoms with Gasteiger partial charge in [-0.2, -0.15) is 0 Å². The topological polar surface area (TPSA) is 62.2 Å². The number of carboxylic acids is 1. The van der Waals surface area contributed by atoms with E-state index in [4.69, 9.17) is 11.6 Å². The summed E-state index contributed by atoms with van der Waals surface area (Å²) in [5, 5.41) is 13.8. The number of hydrogen-bond acceptors (Lipinski definition) is 3. The van der Waals surface area contributed by atoms with Crippen LogP contribution in [0.4, 0.5) is 11.4 Å². The maximum Gasteiger partial charge on any atom is 0.337 e. The normalized spacial score (nSPS) is 10.5. The van der Waals surface area contributed by atoms with E-state index in [9.17, 15) is 9.90 Å². The van der Waals surface area contributed by atoms with Crippen molar-refractivity contribution < 1.29 is 9.90 Å². The average molecular weight is 299 g/mol. The molecule has 0 bridgehead atoms. The van der Waals surface area contributed by atoms with E-state index in [2.05, 4.69) is 10.3 Å². The molecule has 0 aliphatic heterocycles. The molecule has 0 amide bonds. The summed E-state index contributed by atoms with van der Waals surface area (Å²) in [4.78, 5) is 15.5. The van der Waals surface area contributed by atoms with Gasteiger partial charge < -0.3 is 10.4 Å². The summed E-state index contributed by atoms with van der Waals surface area (Å²) >= 11 is 6.03. The highest BCUT2D eigenvalue weighted by atomic mass is 35.5. The monoisotopic (exact) mass is 298 g/mol. The quantitative estimate of drug-likeness (QED) is 0.755. The Hall–Kier alpha value is -2.59. The Morgan fingerprint density at radius 2 is 1.90 bits per heavy atom. The highest BCUT2D eigenvalue weighted by Crippen LogP contribution is 2.28. The summed E-state index contributed by atoms with van der Waals surface area (Å²) in [6.45, 7) is 0. The fourth-order valence-corrected chi connectivity index (χ4v) is 2.32. The Morgan fingerprint density at radius 1 is 1.10 bits per heavy atom. The number of nitrogens with zero attached hydrogens (tertiary/aromatic N) is 1. The first-order valence-corrected chi connectivity index (χ1v) is 6.66. The zero-order valence-corrected chi connectivity index (χ0v) is 11.6. The van der Waals surface area contributed by atoms with E-state index >= 15 is 0 Å². The fraction of sp³-hybridized carbons (Fsp3) is 0. The minimum Gasteiger partial charge on any atom is -0.478 e. The largest absolute Gasteiger partial charge is 0.478 e. The first kappa shape index (κ1) is 13.4. The van der Waals surface area contributed by atoms with Crippen LogP contribution in [0.2, 0.25) is 5.02 Å². The molecular formula is C16H11ClN2O2. The molecule has 0 radical (unpaired) electrons. The van der Waals surface area contributed by atoms with Crippen LogP contribution in [0.25, 0.3) is 10.9 Å². The van der Waals surface area contributed by atoms with E-state index in [-0.39, 0.29) is 5.56 Å². The molecule has 2 N–H and O–H groups in total. The predicted molar refractivity (Wildman–Crippen MR) is 83.4 cm³/mol. The number of carboxylic acid groups (broad SMARTS) is 1. The van der Waals surface area contributed by atoms with Gasteiger partial charge >= 0.3 is 5.97 Å². The van der Waals surface area contributed by atoms with E-state index in [1.54, 1.807) is 48.7 Å². The predicted octanol–water partition coefficient (Wildman–Crippen LogP) is 4.33. The van der Waals surface area contributed by atoms with Gasteiger partial charge in [-0.3, -0.25) is 4.98 Å². The van der Waals surface area contributed by atoms with Crippen LogP contribution >= 0.6 is 11.6 Å². The lowest BCUT2D eigenvalue weighted by atomic mass is 10.1. The SMILES string of the molecule is O=C(O)c1ccccc1Nc1ccnc2ccc(Cl)cc12. The van der Waals surface area contributed by atoms with Crippen molar-refractivity contribution >= 4 is 39.8 Å². The first-order chi connectivity index (χ1) is 10.1. The van der Waals surface area contributed by atoms with Crippen molar-refractivity contribution in [3.63, 3.8) is 0 Å². The van der Waals surface area contributed by atoms with Crippen LogP contribution in [0, 0.1) is 0 Å². The molecule has 0 unspecified atom stereocenters. The number of aromatic carboxylic acids is 1. The maximum atomic E-state index is 11.3. The minimum absolute atomic E-state index is 0.212. The van der Waals surface area contributed by atoms with E-state index in [0.717, 1.165) is 16.6 Å². The highest BCUT2D eigenvalue weighted by Gasteiger charge is 2.10. The smallest absolute Gasteiger partial charge is 0.337 e. The van der Waals surface area contributed by atoms with Crippen molar-refractivity contribution in [3.8, 4) is 0 Å². The van der Waals surface area contributed by atoms with Gasteiger partial charge in [-0.1, -0.05) is 23.7 Å². The number of benzene rings is 2. The van der Waals surface area contributed by atoms with E-state index in [1.807, 2.05) is 6.07 Å². The second kappa shape index (κ2) is 5.42. The Labute approximate surface area is 126 Å². The summed E-state index contributed by atoms with van der Waals surface area (Å²) in [7, 11) is 0. The van der Waals surface area contributed by atoms with Crippen molar-refractivity contribution in [2.75, 3.05) is 5.32 Å². The molecule has 0 saturated carbocycles. The van der Waals surface area contributed by atoms with Crippen LogP contribution in [0.15, 0.2) is 54.7 Å². The van der Waals surface area contributed by atoms with Crippen LogP contribution in [-0.4, -0.2) is 16.1 Å². The van der Waals surface area contributed by atoms with E-state index in [1.165, 1.54) is 0 Å². The Kier molecular flexibility index (Phi) is 3.46. The summed E-state index contributed by atoms with van der Waals surface area (Å²) in [6, 6.07) is 13.9. The van der Waals surface area contributed by atoms with Crippen molar-refractivity contribution in [2.45, 2.75) is 0 Å². The van der Waals surface area contributed by atoms with Gasteiger partial charge in [0.05, 0.1) is 16.8 Å². The average Bonchev–Trinajstić information content (AvgIpc) is 2.48. The summed E-state index contributed by atoms with van der Waals surface area (Å²) in [5.41, 5.74) is 2.29. The number of anilines is 2. The molecule has 0 aliphatic rings. The minimum atomic E-state index is -0.977. The number of nitrogens with one attached hydrogen (secondary N) is 1. The standard InChI is InChI=1S/C16H11ClN2O2/c17-10-5-6-13-12(9-10)15(7-8-18-13)19-14-4-2-1-3-11(14)16(20)21/h1-9H,(H,18,19)(H,20,21). The molecule has 0 spiro atoms. The molecule has 1 aromatic heterocycles. The van der Waals surface area contributed by atoms with Gasteiger partial charge in [0, 0.05) is 22.3 Å². The molecule has 21 heavy (non-hydrogen) atoms. The lowest BCUT2D eigenvalue weighted by molar-refractivity contribution is 0.0698. The highest BCUT2D eigenvalue weighted by molar-refractivity contribution is 6.31. The second-order valence-corrected chi connectivity index (χ2v) is 4.93. The summed E-state index contributed by atoms with van der Waals surface area (Å²) in [6.07, 6.45) is 1.67. The molecule has 0 aliphatic carbocycles. The van der Waals surface area contributed by atoms with Crippen molar-refractivity contribution in [3.05, 3.63) is 65.3 Å². The van der Waals surface area contributed by atoms with Gasteiger partial charge in [0.15, 0.2) is 0 Å². The third-order valence-corrected chi connectivity index (χ3v) is 3.37. The van der Waals surface area contributed by atoms with Crippen LogP contribution in [0.1, 0.15) is 10.4 Å². The number of aromatic nitrogens is 1. The van der Waals surface area contributed by atoms with Gasteiger partial charge in [-0.05, 0) is 36.4 Å². The molecular weight excluding hydrogens is 288 g/mol. The fourth-order valence-electron chi connectivity index (χ4n) is 2.15. The molecule has 104 valence electrons. The van der Waals surface area contributed by atoms with Crippen molar-refractivity contribution in [2.24, 2.45) is 0 Å². The van der Waals surface area contributed by atoms with Crippen LogP contribution in [-0.2, 0) is 0 Å². The number of pyridine rings is 1. The molecule has 0 fully saturated rings. The van der Waals surface area contributed by atoms with Crippen molar-refractivity contribution in [1.29, 1.82) is 0 Å². The van der Waals surface area contributed by atoms with Crippen LogP contribution < -0.4 is 5.32 Å². The number of carbonyl (C=O) groups is 1. The number of rotatable bonds is 3. The molecule has 2 aromatic carbocycles. The maximum absolute atomic E-state index is 11.3. The Balaban J connectivity index is 2.11. The lowest BCUT2D eigenvalue weighted by Crippen LogP contribution is -2.02. The zero-order valence-electron chi connectivity index (χ0n) is 10.9. The molecule has 5 heteroatoms. The van der Waals surface area contributed by atoms with Crippen LogP contribution in [0.3, 0.4) is 0 Å². The molecule has 3 aromatic rings. The van der Waals surface area contributed by atoms with Crippen LogP contribution in [0.5, 0.6) is 0 Å². The number of hydrogen-bond donors (Lipinski definition) is 2. The summed E-state index contributed by atoms with van der Waals surface area (Å²) in [5.74, 6) is -0.977. The number of para-hydroxylation sites is 1.